The van der Waals surface area contributed by atoms with E-state index in [1.165, 1.54) is 0 Å². The monoisotopic (exact) mass is 278 g/mol. The summed E-state index contributed by atoms with van der Waals surface area (Å²) in [6, 6.07) is 18.7. The highest BCUT2D eigenvalue weighted by molar-refractivity contribution is 5.89. The third kappa shape index (κ3) is 4.50. The topological polar surface area (TPSA) is 26.3 Å². The molecule has 2 heteroatoms. The number of esters is 1. The summed E-state index contributed by atoms with van der Waals surface area (Å²) >= 11 is 0. The summed E-state index contributed by atoms with van der Waals surface area (Å²) in [5.41, 5.74) is 1.46. The van der Waals surface area contributed by atoms with Gasteiger partial charge in [0.1, 0.15) is 0 Å². The summed E-state index contributed by atoms with van der Waals surface area (Å²) in [4.78, 5) is 12.1. The molecular formula is C19H18O2. The van der Waals surface area contributed by atoms with Crippen molar-refractivity contribution >= 4 is 5.97 Å². The Labute approximate surface area is 125 Å². The predicted octanol–water partition coefficient (Wildman–Crippen LogP) is 3.92. The molecule has 106 valence electrons. The van der Waals surface area contributed by atoms with Gasteiger partial charge >= 0.3 is 5.97 Å². The number of carbonyl (C=O) groups excluding carboxylic acids is 1. The average molecular weight is 278 g/mol. The van der Waals surface area contributed by atoms with Crippen LogP contribution in [0.5, 0.6) is 0 Å². The van der Waals surface area contributed by atoms with Crippen LogP contribution in [0.3, 0.4) is 0 Å². The van der Waals surface area contributed by atoms with Crippen molar-refractivity contribution in [2.24, 2.45) is 5.92 Å². The Balaban J connectivity index is 2.10. The van der Waals surface area contributed by atoms with Gasteiger partial charge in [0.2, 0.25) is 0 Å². The number of hydrogen-bond donors (Lipinski definition) is 0. The molecule has 0 aromatic heterocycles. The standard InChI is InChI=1S/C19H18O2/c1-15(2)18(14-13-16-9-5-3-6-10-16)21-19(20)17-11-7-4-8-12-17/h3-12,15,18H,1-2H3/t18-/m0/s1. The highest BCUT2D eigenvalue weighted by Crippen LogP contribution is 2.10. The Kier molecular flexibility index (Phi) is 5.17. The summed E-state index contributed by atoms with van der Waals surface area (Å²) in [6.07, 6.45) is -0.419. The Bertz CT molecular complexity index is 634. The maximum atomic E-state index is 12.1. The fraction of sp³-hybridized carbons (Fsp3) is 0.211. The number of benzene rings is 2. The van der Waals surface area contributed by atoms with Crippen LogP contribution in [0.1, 0.15) is 29.8 Å². The second-order valence-corrected chi connectivity index (χ2v) is 5.07. The Morgan fingerprint density at radius 1 is 0.952 bits per heavy atom. The number of carbonyl (C=O) groups is 1. The number of hydrogen-bond acceptors (Lipinski definition) is 2. The minimum Gasteiger partial charge on any atom is -0.445 e. The molecule has 2 rings (SSSR count). The van der Waals surface area contributed by atoms with Crippen LogP contribution in [-0.4, -0.2) is 12.1 Å². The molecule has 0 aliphatic carbocycles. The molecule has 0 heterocycles. The molecule has 0 aliphatic heterocycles. The van der Waals surface area contributed by atoms with Crippen molar-refractivity contribution in [2.45, 2.75) is 20.0 Å². The van der Waals surface area contributed by atoms with E-state index in [9.17, 15) is 4.79 Å². The summed E-state index contributed by atoms with van der Waals surface area (Å²) in [6.45, 7) is 3.98. The molecule has 2 aromatic carbocycles. The molecular weight excluding hydrogens is 260 g/mol. The molecule has 0 aliphatic rings. The van der Waals surface area contributed by atoms with E-state index in [-0.39, 0.29) is 11.9 Å². The average Bonchev–Trinajstić information content (AvgIpc) is 2.52. The zero-order valence-electron chi connectivity index (χ0n) is 12.2. The van der Waals surface area contributed by atoms with Gasteiger partial charge in [-0.05, 0) is 24.3 Å². The fourth-order valence-electron chi connectivity index (χ4n) is 1.77. The van der Waals surface area contributed by atoms with E-state index >= 15 is 0 Å². The first kappa shape index (κ1) is 14.9. The van der Waals surface area contributed by atoms with E-state index in [1.54, 1.807) is 12.1 Å². The lowest BCUT2D eigenvalue weighted by Gasteiger charge is -2.15. The van der Waals surface area contributed by atoms with Crippen molar-refractivity contribution in [2.75, 3.05) is 0 Å². The number of rotatable bonds is 3. The third-order valence-corrected chi connectivity index (χ3v) is 2.98. The normalized spacial score (nSPS) is 11.4. The van der Waals surface area contributed by atoms with Crippen LogP contribution in [0.4, 0.5) is 0 Å². The number of ether oxygens (including phenoxy) is 1. The lowest BCUT2D eigenvalue weighted by Crippen LogP contribution is -2.22. The molecule has 21 heavy (non-hydrogen) atoms. The molecule has 0 N–H and O–H groups in total. The van der Waals surface area contributed by atoms with Crippen LogP contribution in [0, 0.1) is 17.8 Å². The molecule has 2 aromatic rings. The second-order valence-electron chi connectivity index (χ2n) is 5.07. The van der Waals surface area contributed by atoms with Crippen molar-refractivity contribution in [3.63, 3.8) is 0 Å². The maximum absolute atomic E-state index is 12.1. The molecule has 0 saturated carbocycles. The van der Waals surface area contributed by atoms with E-state index in [0.717, 1.165) is 5.56 Å². The van der Waals surface area contributed by atoms with Crippen LogP contribution < -0.4 is 0 Å². The van der Waals surface area contributed by atoms with Gasteiger partial charge in [-0.1, -0.05) is 62.1 Å². The van der Waals surface area contributed by atoms with Crippen molar-refractivity contribution in [1.82, 2.24) is 0 Å². The van der Waals surface area contributed by atoms with E-state index < -0.39 is 6.10 Å². The molecule has 1 atom stereocenters. The second kappa shape index (κ2) is 7.31. The Hall–Kier alpha value is -2.53. The summed E-state index contributed by atoms with van der Waals surface area (Å²) in [5.74, 6) is 5.90. The molecule has 0 amide bonds. The summed E-state index contributed by atoms with van der Waals surface area (Å²) in [7, 11) is 0. The van der Waals surface area contributed by atoms with Crippen LogP contribution in [0.25, 0.3) is 0 Å². The van der Waals surface area contributed by atoms with Crippen molar-refractivity contribution < 1.29 is 9.53 Å². The lowest BCUT2D eigenvalue weighted by molar-refractivity contribution is 0.0330. The molecule has 0 saturated heterocycles. The molecule has 0 radical (unpaired) electrons. The molecule has 0 spiro atoms. The van der Waals surface area contributed by atoms with Crippen molar-refractivity contribution in [3.05, 3.63) is 71.8 Å². The molecule has 0 fully saturated rings. The maximum Gasteiger partial charge on any atom is 0.339 e. The van der Waals surface area contributed by atoms with Crippen LogP contribution >= 0.6 is 0 Å². The minimum absolute atomic E-state index is 0.133. The molecule has 0 unspecified atom stereocenters. The van der Waals surface area contributed by atoms with Crippen LogP contribution in [0.15, 0.2) is 60.7 Å². The van der Waals surface area contributed by atoms with Crippen LogP contribution in [-0.2, 0) is 4.74 Å². The fourth-order valence-corrected chi connectivity index (χ4v) is 1.77. The van der Waals surface area contributed by atoms with Gasteiger partial charge < -0.3 is 4.74 Å². The van der Waals surface area contributed by atoms with Gasteiger partial charge in [0.25, 0.3) is 0 Å². The van der Waals surface area contributed by atoms with Crippen LogP contribution in [0.2, 0.25) is 0 Å². The first-order valence-electron chi connectivity index (χ1n) is 6.99. The third-order valence-electron chi connectivity index (χ3n) is 2.98. The van der Waals surface area contributed by atoms with Gasteiger partial charge in [-0.25, -0.2) is 4.79 Å². The zero-order chi connectivity index (χ0) is 15.1. The SMILES string of the molecule is CC(C)[C@H](C#Cc1ccccc1)OC(=O)c1ccccc1. The van der Waals surface area contributed by atoms with Gasteiger partial charge in [-0.3, -0.25) is 0 Å². The van der Waals surface area contributed by atoms with Gasteiger partial charge in [0, 0.05) is 11.5 Å². The van der Waals surface area contributed by atoms with E-state index in [0.29, 0.717) is 5.56 Å². The minimum atomic E-state index is -0.419. The summed E-state index contributed by atoms with van der Waals surface area (Å²) in [5, 5.41) is 0. The van der Waals surface area contributed by atoms with Gasteiger partial charge in [-0.15, -0.1) is 0 Å². The highest BCUT2D eigenvalue weighted by atomic mass is 16.5. The van der Waals surface area contributed by atoms with Gasteiger partial charge in [0.05, 0.1) is 5.56 Å². The highest BCUT2D eigenvalue weighted by Gasteiger charge is 2.16. The molecule has 0 bridgehead atoms. The quantitative estimate of drug-likeness (QED) is 0.628. The largest absolute Gasteiger partial charge is 0.445 e. The lowest BCUT2D eigenvalue weighted by atomic mass is 10.1. The van der Waals surface area contributed by atoms with Crippen molar-refractivity contribution in [3.8, 4) is 11.8 Å². The summed E-state index contributed by atoms with van der Waals surface area (Å²) < 4.78 is 5.51. The smallest absolute Gasteiger partial charge is 0.339 e. The van der Waals surface area contributed by atoms with E-state index in [4.69, 9.17) is 4.74 Å². The van der Waals surface area contributed by atoms with Gasteiger partial charge in [0.15, 0.2) is 6.10 Å². The molecule has 2 nitrogen and oxygen atoms in total. The van der Waals surface area contributed by atoms with E-state index in [2.05, 4.69) is 11.8 Å². The Morgan fingerprint density at radius 3 is 2.10 bits per heavy atom. The Morgan fingerprint density at radius 2 is 1.52 bits per heavy atom. The predicted molar refractivity (Wildman–Crippen MR) is 83.8 cm³/mol. The van der Waals surface area contributed by atoms with Gasteiger partial charge in [-0.2, -0.15) is 0 Å². The van der Waals surface area contributed by atoms with E-state index in [1.807, 2.05) is 62.4 Å². The van der Waals surface area contributed by atoms with Crippen molar-refractivity contribution in [1.29, 1.82) is 0 Å². The first-order chi connectivity index (χ1) is 10.2. The zero-order valence-corrected chi connectivity index (χ0v) is 12.2. The first-order valence-corrected chi connectivity index (χ1v) is 6.99.